The Balaban J connectivity index is 1.67. The highest BCUT2D eigenvalue weighted by atomic mass is 16.7. The Morgan fingerprint density at radius 2 is 2.17 bits per heavy atom. The van der Waals surface area contributed by atoms with Crippen LogP contribution in [-0.4, -0.2) is 50.0 Å². The van der Waals surface area contributed by atoms with Gasteiger partial charge >= 0.3 is 0 Å². The van der Waals surface area contributed by atoms with E-state index in [4.69, 9.17) is 9.47 Å². The third-order valence-electron chi connectivity index (χ3n) is 5.99. The molecule has 5 N–H and O–H groups in total. The lowest BCUT2D eigenvalue weighted by Gasteiger charge is -2.26. The van der Waals surface area contributed by atoms with Crippen LogP contribution >= 0.6 is 0 Å². The average Bonchev–Trinajstić information content (AvgIpc) is 3.60. The lowest BCUT2D eigenvalue weighted by molar-refractivity contribution is -0.256. The number of unbranched alkanes of at least 4 members (excludes halogenated alkanes) is 1. The second kappa shape index (κ2) is 8.88. The van der Waals surface area contributed by atoms with Gasteiger partial charge in [0.1, 0.15) is 6.10 Å². The molecule has 1 aromatic rings. The predicted molar refractivity (Wildman–Crippen MR) is 117 cm³/mol. The first-order valence-corrected chi connectivity index (χ1v) is 10.6. The van der Waals surface area contributed by atoms with Crippen LogP contribution in [0.25, 0.3) is 0 Å². The molecular formula is C23H37N4O2+. The number of likely N-dealkylation sites (N-methyl/N-ethyl adjacent to an activating group) is 1. The molecule has 0 bridgehead atoms. The summed E-state index contributed by atoms with van der Waals surface area (Å²) in [6, 6.07) is 6.72. The molecule has 0 radical (unpaired) electrons. The fraction of sp³-hybridized carbons (Fsp3) is 0.565. The zero-order valence-corrected chi connectivity index (χ0v) is 18.7. The highest BCUT2D eigenvalue weighted by Gasteiger charge is 2.76. The summed E-state index contributed by atoms with van der Waals surface area (Å²) < 4.78 is 11.7. The van der Waals surface area contributed by atoms with E-state index in [1.165, 1.54) is 5.70 Å². The quantitative estimate of drug-likeness (QED) is 0.414. The molecule has 5 atom stereocenters. The molecule has 0 saturated carbocycles. The molecule has 2 fully saturated rings. The van der Waals surface area contributed by atoms with Crippen LogP contribution in [0.4, 0.5) is 5.69 Å². The Bertz CT molecular complexity index is 776. The Morgan fingerprint density at radius 3 is 2.83 bits per heavy atom. The van der Waals surface area contributed by atoms with Crippen LogP contribution in [-0.2, 0) is 4.74 Å². The monoisotopic (exact) mass is 401 g/mol. The standard InChI is InChI=1S/C23H36N4O2/c1-7-8-9-10-14-19(16(3)27(4)5)25-15(2)22-23(29-22)21(26-23)17-12-11-13-18(24)20(17)28-6/h9-16,21-22,25-26H,7-8,24H2,1-6H3/p+1. The molecule has 2 saturated heterocycles. The lowest BCUT2D eigenvalue weighted by atomic mass is 10.0. The summed E-state index contributed by atoms with van der Waals surface area (Å²) in [4.78, 5) is 2.21. The number of quaternary nitrogens is 1. The third-order valence-corrected chi connectivity index (χ3v) is 5.99. The molecule has 0 amide bonds. The van der Waals surface area contributed by atoms with Crippen LogP contribution in [0.2, 0.25) is 0 Å². The van der Waals surface area contributed by atoms with E-state index in [0.29, 0.717) is 6.04 Å². The van der Waals surface area contributed by atoms with E-state index in [2.05, 4.69) is 80.4 Å². The van der Waals surface area contributed by atoms with Gasteiger partial charge in [-0.3, -0.25) is 5.32 Å². The van der Waals surface area contributed by atoms with Crippen LogP contribution in [0.3, 0.4) is 0 Å². The molecule has 160 valence electrons. The highest BCUT2D eigenvalue weighted by molar-refractivity contribution is 5.55. The van der Waals surface area contributed by atoms with Crippen molar-refractivity contribution in [1.82, 2.24) is 15.5 Å². The van der Waals surface area contributed by atoms with Gasteiger partial charge in [0.25, 0.3) is 0 Å². The molecule has 1 aromatic carbocycles. The predicted octanol–water partition coefficient (Wildman–Crippen LogP) is 2.48. The summed E-state index contributed by atoms with van der Waals surface area (Å²) in [6.45, 7) is 6.60. The largest absolute Gasteiger partial charge is 0.491 e. The number of hydrogen-bond donors (Lipinski definition) is 3. The van der Waals surface area contributed by atoms with Crippen molar-refractivity contribution < 1.29 is 15.2 Å². The maximum absolute atomic E-state index is 6.16. The molecule has 2 aliphatic heterocycles. The summed E-state index contributed by atoms with van der Waals surface area (Å²) in [7, 11) is 5.91. The Morgan fingerprint density at radius 1 is 1.41 bits per heavy atom. The van der Waals surface area contributed by atoms with Crippen LogP contribution in [0.5, 0.6) is 5.75 Å². The first-order chi connectivity index (χ1) is 13.9. The molecule has 3 rings (SSSR count). The van der Waals surface area contributed by atoms with E-state index in [1.807, 2.05) is 12.1 Å². The number of ether oxygens (including phenoxy) is 2. The van der Waals surface area contributed by atoms with Crippen LogP contribution in [0.15, 0.2) is 42.1 Å². The van der Waals surface area contributed by atoms with Crippen LogP contribution < -0.4 is 21.1 Å². The summed E-state index contributed by atoms with van der Waals surface area (Å²) in [5.74, 6) is 0.847. The smallest absolute Gasteiger partial charge is 0.184 e. The molecule has 5 unspecified atom stereocenters. The molecule has 0 aliphatic carbocycles. The average molecular weight is 402 g/mol. The molecule has 1 spiro atoms. The van der Waals surface area contributed by atoms with Gasteiger partial charge in [-0.1, -0.05) is 37.6 Å². The normalized spacial score (nSPS) is 28.1. The number of para-hydroxylation sites is 1. The van der Waals surface area contributed by atoms with Crippen molar-refractivity contribution in [2.45, 2.75) is 63.6 Å². The first-order valence-electron chi connectivity index (χ1n) is 10.6. The second-order valence-electron chi connectivity index (χ2n) is 8.36. The summed E-state index contributed by atoms with van der Waals surface area (Å²) in [5.41, 5.74) is 7.02. The van der Waals surface area contributed by atoms with E-state index in [9.17, 15) is 0 Å². The maximum Gasteiger partial charge on any atom is 0.184 e. The minimum Gasteiger partial charge on any atom is -0.491 e. The summed E-state index contributed by atoms with van der Waals surface area (Å²) >= 11 is 0. The van der Waals surface area contributed by atoms with Crippen molar-refractivity contribution in [3.8, 4) is 5.75 Å². The van der Waals surface area contributed by atoms with E-state index in [0.717, 1.165) is 29.8 Å². The minimum atomic E-state index is -0.280. The summed E-state index contributed by atoms with van der Waals surface area (Å²) in [5, 5.41) is 7.24. The number of benzene rings is 1. The molecule has 0 aromatic heterocycles. The highest BCUT2D eigenvalue weighted by Crippen LogP contribution is 2.59. The fourth-order valence-corrected chi connectivity index (χ4v) is 3.93. The Hall–Kier alpha value is -1.86. The van der Waals surface area contributed by atoms with Crippen LogP contribution in [0, 0.1) is 0 Å². The number of methoxy groups -OCH3 is 1. The number of rotatable bonds is 10. The van der Waals surface area contributed by atoms with Gasteiger partial charge in [0.2, 0.25) is 0 Å². The van der Waals surface area contributed by atoms with Crippen molar-refractivity contribution in [2.75, 3.05) is 21.2 Å². The van der Waals surface area contributed by atoms with Crippen LogP contribution in [0.1, 0.15) is 45.2 Å². The zero-order valence-electron chi connectivity index (χ0n) is 18.7. The van der Waals surface area contributed by atoms with Gasteiger partial charge in [-0.25, -0.2) is 0 Å². The number of nitrogens with one attached hydrogen (secondary N) is 2. The number of nitrogens with zero attached hydrogens (tertiary/aromatic N) is 1. The van der Waals surface area contributed by atoms with E-state index in [-0.39, 0.29) is 23.9 Å². The van der Waals surface area contributed by atoms with Gasteiger partial charge in [0, 0.05) is 23.4 Å². The van der Waals surface area contributed by atoms with Gasteiger partial charge < -0.3 is 25.4 Å². The maximum atomic E-state index is 6.16. The van der Waals surface area contributed by atoms with Gasteiger partial charge in [0.05, 0.1) is 19.2 Å². The van der Waals surface area contributed by atoms with E-state index < -0.39 is 0 Å². The minimum absolute atomic E-state index is 0.114. The molecule has 2 aliphatic rings. The Kier molecular flexibility index (Phi) is 6.69. The Labute approximate surface area is 175 Å². The van der Waals surface area contributed by atoms with E-state index in [1.54, 1.807) is 7.11 Å². The zero-order chi connectivity index (χ0) is 21.2. The van der Waals surface area contributed by atoms with Crippen molar-refractivity contribution in [2.24, 2.45) is 0 Å². The molecular weight excluding hydrogens is 364 g/mol. The molecule has 2 heterocycles. The van der Waals surface area contributed by atoms with Crippen molar-refractivity contribution in [1.29, 1.82) is 0 Å². The van der Waals surface area contributed by atoms with Gasteiger partial charge in [-0.2, -0.15) is 0 Å². The lowest BCUT2D eigenvalue weighted by Crippen LogP contribution is -2.40. The van der Waals surface area contributed by atoms with E-state index >= 15 is 0 Å². The van der Waals surface area contributed by atoms with Gasteiger partial charge in [-0.15, -0.1) is 0 Å². The third kappa shape index (κ3) is 4.51. The topological polar surface area (TPSA) is 86.6 Å². The molecule has 6 heteroatoms. The van der Waals surface area contributed by atoms with Crippen molar-refractivity contribution in [3.63, 3.8) is 0 Å². The SMILES string of the molecule is CCCC=CC=C(NC(C)C1OC12NC2c1cccc([NH3+])c1OC)C(C)N(C)C. The molecule has 29 heavy (non-hydrogen) atoms. The van der Waals surface area contributed by atoms with Crippen molar-refractivity contribution >= 4 is 5.69 Å². The van der Waals surface area contributed by atoms with Gasteiger partial charge in [-0.05, 0) is 40.4 Å². The summed E-state index contributed by atoms with van der Waals surface area (Å²) in [6.07, 6.45) is 8.95. The number of epoxide rings is 1. The first kappa shape index (κ1) is 21.8. The fourth-order valence-electron chi connectivity index (χ4n) is 3.93. The number of hydrogen-bond acceptors (Lipinski definition) is 5. The molecule has 6 nitrogen and oxygen atoms in total. The second-order valence-corrected chi connectivity index (χ2v) is 8.36. The number of allylic oxidation sites excluding steroid dienone is 3. The van der Waals surface area contributed by atoms with Crippen molar-refractivity contribution in [3.05, 3.63) is 47.7 Å². The van der Waals surface area contributed by atoms with Gasteiger partial charge in [0.15, 0.2) is 17.2 Å².